The van der Waals surface area contributed by atoms with Crippen LogP contribution in [0.4, 0.5) is 0 Å². The first-order valence-electron chi connectivity index (χ1n) is 4.62. The molecule has 1 aliphatic rings. The van der Waals surface area contributed by atoms with E-state index in [0.717, 1.165) is 4.73 Å². The van der Waals surface area contributed by atoms with Crippen molar-refractivity contribution in [3.63, 3.8) is 0 Å². The summed E-state index contributed by atoms with van der Waals surface area (Å²) in [6.07, 6.45) is 6.67. The van der Waals surface area contributed by atoms with Gasteiger partial charge in [0.1, 0.15) is 0 Å². The molecule has 3 heteroatoms. The molecule has 0 aromatic heterocycles. The second-order valence-electron chi connectivity index (χ2n) is 3.60. The average Bonchev–Trinajstić information content (AvgIpc) is 2.06. The minimum absolute atomic E-state index is 0.581. The van der Waals surface area contributed by atoms with E-state index < -0.39 is 0 Å². The molecule has 0 atom stereocenters. The Morgan fingerprint density at radius 3 is 2.33 bits per heavy atom. The number of nitrogens with zero attached hydrogens (tertiary/aromatic N) is 2. The Hall–Kier alpha value is -0.0105. The van der Waals surface area contributed by atoms with E-state index in [-0.39, 0.29) is 0 Å². The SMILES string of the molecule is CN(C)C([Se])=NC1CCCCC1. The molecule has 0 bridgehead atoms. The van der Waals surface area contributed by atoms with E-state index in [1.165, 1.54) is 32.1 Å². The first-order chi connectivity index (χ1) is 5.70. The molecule has 1 radical (unpaired) electrons. The fraction of sp³-hybridized carbons (Fsp3) is 0.889. The van der Waals surface area contributed by atoms with Gasteiger partial charge in [-0.3, -0.25) is 0 Å². The molecular formula is C9H17N2Se. The van der Waals surface area contributed by atoms with E-state index in [1.54, 1.807) is 0 Å². The van der Waals surface area contributed by atoms with Gasteiger partial charge in [-0.15, -0.1) is 0 Å². The van der Waals surface area contributed by atoms with Crippen molar-refractivity contribution in [3.05, 3.63) is 0 Å². The Balaban J connectivity index is 2.41. The normalized spacial score (nSPS) is 21.0. The van der Waals surface area contributed by atoms with Crippen LogP contribution in [-0.4, -0.2) is 45.8 Å². The monoisotopic (exact) mass is 233 g/mol. The zero-order chi connectivity index (χ0) is 8.97. The molecular weight excluding hydrogens is 215 g/mol. The van der Waals surface area contributed by atoms with Gasteiger partial charge >= 0.3 is 82.9 Å². The third-order valence-corrected chi connectivity index (χ3v) is 3.24. The van der Waals surface area contributed by atoms with Crippen molar-refractivity contribution in [2.24, 2.45) is 4.99 Å². The van der Waals surface area contributed by atoms with Crippen LogP contribution in [0.3, 0.4) is 0 Å². The molecule has 0 unspecified atom stereocenters. The summed E-state index contributed by atoms with van der Waals surface area (Å²) in [4.78, 5) is 6.66. The number of rotatable bonds is 1. The molecule has 0 aromatic carbocycles. The Kier molecular flexibility index (Phi) is 4.10. The van der Waals surface area contributed by atoms with Crippen LogP contribution in [0.25, 0.3) is 0 Å². The van der Waals surface area contributed by atoms with Crippen molar-refractivity contribution in [1.82, 2.24) is 4.90 Å². The van der Waals surface area contributed by atoms with Gasteiger partial charge in [0.25, 0.3) is 0 Å². The van der Waals surface area contributed by atoms with Gasteiger partial charge in [-0.2, -0.15) is 0 Å². The summed E-state index contributed by atoms with van der Waals surface area (Å²) in [5.74, 6) is 0. The predicted molar refractivity (Wildman–Crippen MR) is 53.7 cm³/mol. The summed E-state index contributed by atoms with van der Waals surface area (Å²) in [5, 5.41) is 0. The second kappa shape index (κ2) is 4.88. The van der Waals surface area contributed by atoms with Crippen molar-refractivity contribution >= 4 is 20.7 Å². The third-order valence-electron chi connectivity index (χ3n) is 2.25. The molecule has 2 nitrogen and oxygen atoms in total. The van der Waals surface area contributed by atoms with Gasteiger partial charge in [0, 0.05) is 0 Å². The molecule has 0 aliphatic heterocycles. The first kappa shape index (κ1) is 10.1. The molecule has 12 heavy (non-hydrogen) atoms. The van der Waals surface area contributed by atoms with Crippen LogP contribution in [-0.2, 0) is 0 Å². The predicted octanol–water partition coefficient (Wildman–Crippen LogP) is 1.41. The van der Waals surface area contributed by atoms with Crippen molar-refractivity contribution in [1.29, 1.82) is 0 Å². The van der Waals surface area contributed by atoms with Crippen LogP contribution in [0, 0.1) is 0 Å². The van der Waals surface area contributed by atoms with Crippen molar-refractivity contribution in [2.75, 3.05) is 14.1 Å². The molecule has 1 saturated carbocycles. The fourth-order valence-corrected chi connectivity index (χ4v) is 1.79. The first-order valence-corrected chi connectivity index (χ1v) is 5.48. The van der Waals surface area contributed by atoms with E-state index in [2.05, 4.69) is 21.0 Å². The van der Waals surface area contributed by atoms with Gasteiger partial charge in [0.05, 0.1) is 0 Å². The van der Waals surface area contributed by atoms with Gasteiger partial charge in [-0.1, -0.05) is 0 Å². The molecule has 0 amide bonds. The Labute approximate surface area is 83.2 Å². The molecule has 69 valence electrons. The van der Waals surface area contributed by atoms with E-state index in [4.69, 9.17) is 0 Å². The molecule has 0 heterocycles. The summed E-state index contributed by atoms with van der Waals surface area (Å²) in [5.41, 5.74) is 0. The zero-order valence-electron chi connectivity index (χ0n) is 7.92. The second-order valence-corrected chi connectivity index (χ2v) is 4.36. The molecule has 0 aromatic rings. The van der Waals surface area contributed by atoms with E-state index in [1.807, 2.05) is 19.0 Å². The fourth-order valence-electron chi connectivity index (χ4n) is 1.48. The topological polar surface area (TPSA) is 15.6 Å². The van der Waals surface area contributed by atoms with Crippen molar-refractivity contribution in [2.45, 2.75) is 38.1 Å². The zero-order valence-corrected chi connectivity index (χ0v) is 9.63. The van der Waals surface area contributed by atoms with Crippen molar-refractivity contribution < 1.29 is 0 Å². The maximum absolute atomic E-state index is 4.62. The van der Waals surface area contributed by atoms with Gasteiger partial charge in [0.15, 0.2) is 0 Å². The van der Waals surface area contributed by atoms with E-state index >= 15 is 0 Å². The van der Waals surface area contributed by atoms with Crippen LogP contribution in [0.15, 0.2) is 4.99 Å². The molecule has 0 spiro atoms. The van der Waals surface area contributed by atoms with Crippen molar-refractivity contribution in [3.8, 4) is 0 Å². The Morgan fingerprint density at radius 1 is 1.25 bits per heavy atom. The van der Waals surface area contributed by atoms with Gasteiger partial charge in [-0.25, -0.2) is 0 Å². The average molecular weight is 232 g/mol. The number of hydrogen-bond donors (Lipinski definition) is 0. The quantitative estimate of drug-likeness (QED) is 0.379. The van der Waals surface area contributed by atoms with E-state index in [0.29, 0.717) is 6.04 Å². The molecule has 0 N–H and O–H groups in total. The molecule has 1 aliphatic carbocycles. The van der Waals surface area contributed by atoms with Gasteiger partial charge in [-0.05, 0) is 0 Å². The number of amidine groups is 1. The summed E-state index contributed by atoms with van der Waals surface area (Å²) >= 11 is 3.00. The van der Waals surface area contributed by atoms with Crippen LogP contribution in [0.1, 0.15) is 32.1 Å². The Bertz CT molecular complexity index is 160. The van der Waals surface area contributed by atoms with Gasteiger partial charge < -0.3 is 0 Å². The third kappa shape index (κ3) is 3.16. The number of hydrogen-bond acceptors (Lipinski definition) is 1. The Morgan fingerprint density at radius 2 is 1.83 bits per heavy atom. The van der Waals surface area contributed by atoms with Crippen LogP contribution < -0.4 is 0 Å². The van der Waals surface area contributed by atoms with Crippen LogP contribution >= 0.6 is 0 Å². The summed E-state index contributed by atoms with van der Waals surface area (Å²) in [6.45, 7) is 0. The van der Waals surface area contributed by atoms with Crippen LogP contribution in [0.5, 0.6) is 0 Å². The molecule has 0 saturated heterocycles. The van der Waals surface area contributed by atoms with Crippen LogP contribution in [0.2, 0.25) is 0 Å². The van der Waals surface area contributed by atoms with E-state index in [9.17, 15) is 0 Å². The van der Waals surface area contributed by atoms with Gasteiger partial charge in [0.2, 0.25) is 0 Å². The summed E-state index contributed by atoms with van der Waals surface area (Å²) in [6, 6.07) is 0.581. The number of aliphatic imine (C=N–C) groups is 1. The minimum atomic E-state index is 0.581. The standard InChI is InChI=1S/C9H17N2Se/c1-11(2)9(12)10-8-6-4-3-5-7-8/h8H,3-7H2,1-2H3. The maximum atomic E-state index is 4.62. The summed E-state index contributed by atoms with van der Waals surface area (Å²) in [7, 11) is 4.05. The molecule has 1 fully saturated rings. The molecule has 1 rings (SSSR count). The summed E-state index contributed by atoms with van der Waals surface area (Å²) < 4.78 is 1.04.